The van der Waals surface area contributed by atoms with Gasteiger partial charge in [-0.15, -0.1) is 0 Å². The number of non-ortho nitro benzene ring substituents is 1. The molecule has 7 nitrogen and oxygen atoms in total. The van der Waals surface area contributed by atoms with Crippen LogP contribution in [0.1, 0.15) is 18.3 Å². The van der Waals surface area contributed by atoms with Gasteiger partial charge in [0.2, 0.25) is 5.91 Å². The second-order valence-corrected chi connectivity index (χ2v) is 6.15. The molecule has 0 spiro atoms. The van der Waals surface area contributed by atoms with Crippen LogP contribution in [0.5, 0.6) is 0 Å². The number of nitrogens with one attached hydrogen (secondary N) is 1. The number of nitrogens with zero attached hydrogens (tertiary/aromatic N) is 3. The predicted molar refractivity (Wildman–Crippen MR) is 90.3 cm³/mol. The molecule has 1 heterocycles. The Balaban J connectivity index is 2.02. The highest BCUT2D eigenvalue weighted by atomic mass is 79.9. The van der Waals surface area contributed by atoms with Crippen LogP contribution < -0.4 is 5.32 Å². The summed E-state index contributed by atoms with van der Waals surface area (Å²) in [7, 11) is 0. The lowest BCUT2D eigenvalue weighted by molar-refractivity contribution is -0.384. The molecule has 0 radical (unpaired) electrons. The summed E-state index contributed by atoms with van der Waals surface area (Å²) in [5.74, 6) is -0.461. The van der Waals surface area contributed by atoms with Crippen LogP contribution in [-0.2, 0) is 11.3 Å². The van der Waals surface area contributed by atoms with Crippen LogP contribution >= 0.6 is 15.9 Å². The third-order valence-corrected chi connectivity index (χ3v) is 4.68. The van der Waals surface area contributed by atoms with Gasteiger partial charge in [0.05, 0.1) is 27.6 Å². The van der Waals surface area contributed by atoms with Gasteiger partial charge in [0.15, 0.2) is 0 Å². The zero-order valence-electron chi connectivity index (χ0n) is 13.0. The smallest absolute Gasteiger partial charge is 0.269 e. The number of anilines is 1. The molecule has 0 bridgehead atoms. The Bertz CT molecular complexity index is 740. The maximum Gasteiger partial charge on any atom is 0.269 e. The summed E-state index contributed by atoms with van der Waals surface area (Å²) >= 11 is 3.46. The van der Waals surface area contributed by atoms with Crippen LogP contribution in [0.2, 0.25) is 0 Å². The molecule has 0 aliphatic heterocycles. The van der Waals surface area contributed by atoms with Gasteiger partial charge in [-0.05, 0) is 41.9 Å². The molecular formula is C15H17BrN4O3. The summed E-state index contributed by atoms with van der Waals surface area (Å²) in [6.07, 6.45) is 0. The molecular weight excluding hydrogens is 364 g/mol. The first-order chi connectivity index (χ1) is 10.8. The largest absolute Gasteiger partial charge is 0.326 e. The van der Waals surface area contributed by atoms with Crippen LogP contribution in [0.4, 0.5) is 11.4 Å². The summed E-state index contributed by atoms with van der Waals surface area (Å²) in [5, 5.41) is 17.8. The van der Waals surface area contributed by atoms with E-state index in [1.165, 1.54) is 24.3 Å². The number of benzene rings is 1. The Hall–Kier alpha value is -2.22. The molecule has 23 heavy (non-hydrogen) atoms. The van der Waals surface area contributed by atoms with Crippen LogP contribution in [0.25, 0.3) is 0 Å². The van der Waals surface area contributed by atoms with Gasteiger partial charge < -0.3 is 5.32 Å². The zero-order chi connectivity index (χ0) is 17.1. The van der Waals surface area contributed by atoms with Crippen LogP contribution in [0.3, 0.4) is 0 Å². The maximum atomic E-state index is 12.2. The predicted octanol–water partition coefficient (Wildman–Crippen LogP) is 3.45. The Morgan fingerprint density at radius 3 is 2.48 bits per heavy atom. The lowest BCUT2D eigenvalue weighted by atomic mass is 10.1. The number of halogens is 1. The van der Waals surface area contributed by atoms with Crippen LogP contribution in [-0.4, -0.2) is 20.6 Å². The number of rotatable bonds is 5. The Kier molecular flexibility index (Phi) is 5.15. The van der Waals surface area contributed by atoms with Gasteiger partial charge in [-0.2, -0.15) is 5.10 Å². The summed E-state index contributed by atoms with van der Waals surface area (Å²) in [4.78, 5) is 22.4. The van der Waals surface area contributed by atoms with Crippen molar-refractivity contribution in [1.82, 2.24) is 9.78 Å². The van der Waals surface area contributed by atoms with Crippen LogP contribution in [0.15, 0.2) is 28.7 Å². The standard InChI is InChI=1S/C15H17BrN4O3/c1-9(8-19-11(3)14(16)10(2)18-19)15(21)17-12-4-6-13(7-5-12)20(22)23/h4-7,9H,8H2,1-3H3,(H,17,21). The first kappa shape index (κ1) is 17.1. The number of aryl methyl sites for hydroxylation is 1. The average Bonchev–Trinajstić information content (AvgIpc) is 2.75. The highest BCUT2D eigenvalue weighted by Gasteiger charge is 2.17. The van der Waals surface area contributed by atoms with Gasteiger partial charge in [0.25, 0.3) is 5.69 Å². The highest BCUT2D eigenvalue weighted by Crippen LogP contribution is 2.21. The third-order valence-electron chi connectivity index (χ3n) is 3.53. The maximum absolute atomic E-state index is 12.2. The zero-order valence-corrected chi connectivity index (χ0v) is 14.6. The van der Waals surface area contributed by atoms with Crippen LogP contribution in [0, 0.1) is 29.9 Å². The quantitative estimate of drug-likeness (QED) is 0.635. The van der Waals surface area contributed by atoms with Gasteiger partial charge in [0, 0.05) is 23.5 Å². The van der Waals surface area contributed by atoms with E-state index in [9.17, 15) is 14.9 Å². The van der Waals surface area contributed by atoms with Crippen molar-refractivity contribution >= 4 is 33.2 Å². The molecule has 0 saturated carbocycles. The van der Waals surface area contributed by atoms with Crippen molar-refractivity contribution in [3.8, 4) is 0 Å². The monoisotopic (exact) mass is 380 g/mol. The Labute approximate surface area is 142 Å². The molecule has 1 atom stereocenters. The van der Waals surface area contributed by atoms with Crippen molar-refractivity contribution in [2.24, 2.45) is 5.92 Å². The molecule has 0 aliphatic carbocycles. The van der Waals surface area contributed by atoms with E-state index in [1.54, 1.807) is 4.68 Å². The van der Waals surface area contributed by atoms with Gasteiger partial charge in [-0.3, -0.25) is 19.6 Å². The lowest BCUT2D eigenvalue weighted by Crippen LogP contribution is -2.25. The van der Waals surface area contributed by atoms with E-state index in [1.807, 2.05) is 20.8 Å². The molecule has 1 aromatic carbocycles. The molecule has 1 aromatic heterocycles. The van der Waals surface area contributed by atoms with Gasteiger partial charge in [-0.25, -0.2) is 0 Å². The van der Waals surface area contributed by atoms with Crippen molar-refractivity contribution in [2.75, 3.05) is 5.32 Å². The first-order valence-corrected chi connectivity index (χ1v) is 7.83. The summed E-state index contributed by atoms with van der Waals surface area (Å²) in [5.41, 5.74) is 2.37. The Morgan fingerprint density at radius 1 is 1.39 bits per heavy atom. The number of hydrogen-bond donors (Lipinski definition) is 1. The number of nitro benzene ring substituents is 1. The SMILES string of the molecule is Cc1nn(CC(C)C(=O)Nc2ccc([N+](=O)[O-])cc2)c(C)c1Br. The van der Waals surface area contributed by atoms with Crippen molar-refractivity contribution in [3.05, 3.63) is 50.2 Å². The number of nitro groups is 1. The number of aromatic nitrogens is 2. The lowest BCUT2D eigenvalue weighted by Gasteiger charge is -2.13. The van der Waals surface area contributed by atoms with E-state index in [0.29, 0.717) is 12.2 Å². The summed E-state index contributed by atoms with van der Waals surface area (Å²) in [6, 6.07) is 5.75. The van der Waals surface area contributed by atoms with Crippen molar-refractivity contribution < 1.29 is 9.72 Å². The fraction of sp³-hybridized carbons (Fsp3) is 0.333. The second-order valence-electron chi connectivity index (χ2n) is 5.36. The summed E-state index contributed by atoms with van der Waals surface area (Å²) < 4.78 is 2.74. The molecule has 0 aliphatic rings. The number of carbonyl (C=O) groups excluding carboxylic acids is 1. The third kappa shape index (κ3) is 3.95. The van der Waals surface area contributed by atoms with E-state index in [2.05, 4.69) is 26.3 Å². The fourth-order valence-corrected chi connectivity index (χ4v) is 2.41. The Morgan fingerprint density at radius 2 is 2.00 bits per heavy atom. The average molecular weight is 381 g/mol. The van der Waals surface area contributed by atoms with Gasteiger partial charge in [0.1, 0.15) is 0 Å². The van der Waals surface area contributed by atoms with E-state index in [-0.39, 0.29) is 17.5 Å². The fourth-order valence-electron chi connectivity index (χ4n) is 2.13. The molecule has 1 unspecified atom stereocenters. The number of hydrogen-bond acceptors (Lipinski definition) is 4. The summed E-state index contributed by atoms with van der Waals surface area (Å²) in [6.45, 7) is 6.10. The molecule has 2 aromatic rings. The molecule has 122 valence electrons. The normalized spacial score (nSPS) is 12.0. The minimum atomic E-state index is -0.477. The van der Waals surface area contributed by atoms with E-state index >= 15 is 0 Å². The molecule has 2 rings (SSSR count). The van der Waals surface area contributed by atoms with E-state index in [0.717, 1.165) is 15.9 Å². The molecule has 0 fully saturated rings. The second kappa shape index (κ2) is 6.91. The van der Waals surface area contributed by atoms with Gasteiger partial charge in [-0.1, -0.05) is 6.92 Å². The molecule has 1 amide bonds. The minimum absolute atomic E-state index is 0.0106. The van der Waals surface area contributed by atoms with Crippen molar-refractivity contribution in [1.29, 1.82) is 0 Å². The number of amides is 1. The molecule has 1 N–H and O–H groups in total. The minimum Gasteiger partial charge on any atom is -0.326 e. The molecule has 8 heteroatoms. The molecule has 0 saturated heterocycles. The van der Waals surface area contributed by atoms with Crippen molar-refractivity contribution in [2.45, 2.75) is 27.3 Å². The first-order valence-electron chi connectivity index (χ1n) is 7.04. The van der Waals surface area contributed by atoms with Crippen molar-refractivity contribution in [3.63, 3.8) is 0 Å². The topological polar surface area (TPSA) is 90.1 Å². The van der Waals surface area contributed by atoms with E-state index in [4.69, 9.17) is 0 Å². The van der Waals surface area contributed by atoms with E-state index < -0.39 is 4.92 Å². The van der Waals surface area contributed by atoms with Gasteiger partial charge >= 0.3 is 0 Å². The highest BCUT2D eigenvalue weighted by molar-refractivity contribution is 9.10. The number of carbonyl (C=O) groups is 1.